The molecule has 8 heteroatoms. The van der Waals surface area contributed by atoms with Crippen LogP contribution in [0, 0.1) is 13.8 Å². The van der Waals surface area contributed by atoms with Gasteiger partial charge in [0.15, 0.2) is 0 Å². The standard InChI is InChI=1S/C22H21N5O3/c1-14-11-18(15(2)30-14)22(28)26-9-10-29-20(13-26)21-19-4-3-17(12-27(19)25-24-21)16-5-7-23-8-6-16/h3-8,11-12,20H,9-10,13H2,1-2H3/t20-/m1/s1. The topological polar surface area (TPSA) is 85.8 Å². The SMILES string of the molecule is Cc1cc(C(=O)N2CCO[C@@H](c3nnn4cc(-c5ccncc5)ccc34)C2)c(C)o1. The first-order valence-electron chi connectivity index (χ1n) is 9.83. The number of nitrogens with zero attached hydrogens (tertiary/aromatic N) is 5. The third kappa shape index (κ3) is 3.25. The largest absolute Gasteiger partial charge is 0.466 e. The molecule has 30 heavy (non-hydrogen) atoms. The Morgan fingerprint density at radius 3 is 2.73 bits per heavy atom. The second-order valence-electron chi connectivity index (χ2n) is 7.40. The molecule has 1 saturated heterocycles. The summed E-state index contributed by atoms with van der Waals surface area (Å²) in [7, 11) is 0. The molecule has 4 aromatic rings. The quantitative estimate of drug-likeness (QED) is 0.522. The number of furan rings is 1. The van der Waals surface area contributed by atoms with Crippen molar-refractivity contribution in [2.24, 2.45) is 0 Å². The molecule has 8 nitrogen and oxygen atoms in total. The molecule has 0 radical (unpaired) electrons. The fraction of sp³-hybridized carbons (Fsp3) is 0.273. The molecule has 152 valence electrons. The average Bonchev–Trinajstić information content (AvgIpc) is 3.35. The van der Waals surface area contributed by atoms with E-state index in [9.17, 15) is 4.79 Å². The molecule has 0 unspecified atom stereocenters. The molecule has 0 aliphatic carbocycles. The van der Waals surface area contributed by atoms with Gasteiger partial charge in [0, 0.05) is 30.7 Å². The number of fused-ring (bicyclic) bond motifs is 1. The summed E-state index contributed by atoms with van der Waals surface area (Å²) in [5, 5.41) is 8.64. The van der Waals surface area contributed by atoms with Crippen molar-refractivity contribution in [3.8, 4) is 11.1 Å². The Kier molecular flexibility index (Phi) is 4.55. The highest BCUT2D eigenvalue weighted by Gasteiger charge is 2.30. The lowest BCUT2D eigenvalue weighted by molar-refractivity contribution is -0.0241. The Morgan fingerprint density at radius 1 is 1.13 bits per heavy atom. The number of aromatic nitrogens is 4. The third-order valence-electron chi connectivity index (χ3n) is 5.38. The summed E-state index contributed by atoms with van der Waals surface area (Å²) < 4.78 is 13.2. The summed E-state index contributed by atoms with van der Waals surface area (Å²) in [6, 6.07) is 9.70. The second-order valence-corrected chi connectivity index (χ2v) is 7.40. The van der Waals surface area contributed by atoms with E-state index in [2.05, 4.69) is 15.3 Å². The Morgan fingerprint density at radius 2 is 1.97 bits per heavy atom. The number of carbonyl (C=O) groups is 1. The molecule has 0 spiro atoms. The zero-order valence-electron chi connectivity index (χ0n) is 16.8. The summed E-state index contributed by atoms with van der Waals surface area (Å²) in [5.74, 6) is 1.32. The molecule has 4 aromatic heterocycles. The minimum atomic E-state index is -0.333. The lowest BCUT2D eigenvalue weighted by Crippen LogP contribution is -2.42. The molecular weight excluding hydrogens is 382 g/mol. The van der Waals surface area contributed by atoms with E-state index in [-0.39, 0.29) is 12.0 Å². The molecule has 5 rings (SSSR count). The van der Waals surface area contributed by atoms with Crippen molar-refractivity contribution in [1.29, 1.82) is 0 Å². The molecule has 5 heterocycles. The van der Waals surface area contributed by atoms with Crippen LogP contribution in [0.4, 0.5) is 0 Å². The van der Waals surface area contributed by atoms with Gasteiger partial charge in [-0.1, -0.05) is 11.3 Å². The van der Waals surface area contributed by atoms with Crippen molar-refractivity contribution in [1.82, 2.24) is 24.7 Å². The normalized spacial score (nSPS) is 16.9. The van der Waals surface area contributed by atoms with Crippen LogP contribution in [0.3, 0.4) is 0 Å². The fourth-order valence-electron chi connectivity index (χ4n) is 3.87. The van der Waals surface area contributed by atoms with E-state index in [0.717, 1.165) is 28.1 Å². The summed E-state index contributed by atoms with van der Waals surface area (Å²) in [5.41, 5.74) is 4.27. The van der Waals surface area contributed by atoms with Gasteiger partial charge in [0.25, 0.3) is 5.91 Å². The van der Waals surface area contributed by atoms with Crippen molar-refractivity contribution in [3.05, 3.63) is 71.7 Å². The molecule has 0 aromatic carbocycles. The first kappa shape index (κ1) is 18.5. The summed E-state index contributed by atoms with van der Waals surface area (Å²) >= 11 is 0. The minimum absolute atomic E-state index is 0.0471. The lowest BCUT2D eigenvalue weighted by Gasteiger charge is -2.32. The summed E-state index contributed by atoms with van der Waals surface area (Å²) in [4.78, 5) is 18.8. The van der Waals surface area contributed by atoms with E-state index in [1.165, 1.54) is 0 Å². The van der Waals surface area contributed by atoms with Gasteiger partial charge in [0.05, 0.1) is 24.2 Å². The number of rotatable bonds is 3. The van der Waals surface area contributed by atoms with Gasteiger partial charge in [-0.15, -0.1) is 5.10 Å². The van der Waals surface area contributed by atoms with E-state index < -0.39 is 0 Å². The number of amides is 1. The smallest absolute Gasteiger partial charge is 0.257 e. The number of ether oxygens (including phenoxy) is 1. The van der Waals surface area contributed by atoms with Crippen molar-refractivity contribution in [3.63, 3.8) is 0 Å². The predicted molar refractivity (Wildman–Crippen MR) is 109 cm³/mol. The molecule has 0 bridgehead atoms. The maximum absolute atomic E-state index is 13.0. The number of pyridine rings is 2. The van der Waals surface area contributed by atoms with Gasteiger partial charge in [0.1, 0.15) is 23.3 Å². The first-order chi connectivity index (χ1) is 14.6. The first-order valence-corrected chi connectivity index (χ1v) is 9.83. The van der Waals surface area contributed by atoms with Crippen LogP contribution in [0.5, 0.6) is 0 Å². The predicted octanol–water partition coefficient (Wildman–Crippen LogP) is 3.21. The highest BCUT2D eigenvalue weighted by Crippen LogP contribution is 2.27. The van der Waals surface area contributed by atoms with Crippen LogP contribution in [0.25, 0.3) is 16.6 Å². The molecule has 0 N–H and O–H groups in total. The van der Waals surface area contributed by atoms with Gasteiger partial charge in [0.2, 0.25) is 0 Å². The molecule has 0 saturated carbocycles. The third-order valence-corrected chi connectivity index (χ3v) is 5.38. The summed E-state index contributed by atoms with van der Waals surface area (Å²) in [6.45, 7) is 5.05. The highest BCUT2D eigenvalue weighted by atomic mass is 16.5. The van der Waals surface area contributed by atoms with E-state index in [1.807, 2.05) is 44.3 Å². The van der Waals surface area contributed by atoms with Gasteiger partial charge in [-0.05, 0) is 43.7 Å². The van der Waals surface area contributed by atoms with E-state index in [0.29, 0.717) is 31.0 Å². The maximum Gasteiger partial charge on any atom is 0.257 e. The number of hydrogen-bond acceptors (Lipinski definition) is 6. The van der Waals surface area contributed by atoms with Gasteiger partial charge in [-0.2, -0.15) is 0 Å². The number of hydrogen-bond donors (Lipinski definition) is 0. The number of morpholine rings is 1. The second kappa shape index (κ2) is 7.38. The lowest BCUT2D eigenvalue weighted by atomic mass is 10.1. The van der Waals surface area contributed by atoms with E-state index in [1.54, 1.807) is 27.9 Å². The zero-order valence-corrected chi connectivity index (χ0v) is 16.8. The van der Waals surface area contributed by atoms with Gasteiger partial charge in [-0.3, -0.25) is 9.78 Å². The van der Waals surface area contributed by atoms with Gasteiger partial charge < -0.3 is 14.1 Å². The monoisotopic (exact) mass is 403 g/mol. The van der Waals surface area contributed by atoms with Crippen LogP contribution in [0.1, 0.15) is 33.7 Å². The minimum Gasteiger partial charge on any atom is -0.466 e. The van der Waals surface area contributed by atoms with Crippen LogP contribution in [0.2, 0.25) is 0 Å². The fourth-order valence-corrected chi connectivity index (χ4v) is 3.87. The van der Waals surface area contributed by atoms with Gasteiger partial charge in [-0.25, -0.2) is 4.52 Å². The highest BCUT2D eigenvalue weighted by molar-refractivity contribution is 5.95. The van der Waals surface area contributed by atoms with Crippen LogP contribution in [-0.2, 0) is 4.74 Å². The maximum atomic E-state index is 13.0. The van der Waals surface area contributed by atoms with Crippen LogP contribution in [-0.4, -0.2) is 50.3 Å². The van der Waals surface area contributed by atoms with E-state index in [4.69, 9.17) is 9.15 Å². The summed E-state index contributed by atoms with van der Waals surface area (Å²) in [6.07, 6.45) is 5.12. The van der Waals surface area contributed by atoms with E-state index >= 15 is 0 Å². The molecule has 1 atom stereocenters. The molecule has 1 aliphatic heterocycles. The van der Waals surface area contributed by atoms with Crippen LogP contribution < -0.4 is 0 Å². The Balaban J connectivity index is 1.41. The molecular formula is C22H21N5O3. The Labute approximate surface area is 173 Å². The van der Waals surface area contributed by atoms with Crippen molar-refractivity contribution >= 4 is 11.4 Å². The molecule has 1 aliphatic rings. The average molecular weight is 403 g/mol. The number of aryl methyl sites for hydroxylation is 2. The van der Waals surface area contributed by atoms with Crippen molar-refractivity contribution < 1.29 is 13.9 Å². The van der Waals surface area contributed by atoms with Crippen molar-refractivity contribution in [2.45, 2.75) is 20.0 Å². The molecule has 1 fully saturated rings. The van der Waals surface area contributed by atoms with Crippen LogP contribution in [0.15, 0.2) is 53.3 Å². The molecule has 1 amide bonds. The Hall–Kier alpha value is -3.52. The van der Waals surface area contributed by atoms with Gasteiger partial charge >= 0.3 is 0 Å². The number of carbonyl (C=O) groups excluding carboxylic acids is 1. The Bertz CT molecular complexity index is 1210. The van der Waals surface area contributed by atoms with Crippen LogP contribution >= 0.6 is 0 Å². The van der Waals surface area contributed by atoms with Crippen molar-refractivity contribution in [2.75, 3.05) is 19.7 Å². The zero-order chi connectivity index (χ0) is 20.7.